The van der Waals surface area contributed by atoms with E-state index in [-0.39, 0.29) is 0 Å². The highest BCUT2D eigenvalue weighted by molar-refractivity contribution is 7.99. The van der Waals surface area contributed by atoms with Crippen molar-refractivity contribution in [2.75, 3.05) is 25.4 Å². The third-order valence-electron chi connectivity index (χ3n) is 4.49. The van der Waals surface area contributed by atoms with Gasteiger partial charge in [0.1, 0.15) is 0 Å². The van der Waals surface area contributed by atoms with Gasteiger partial charge in [0, 0.05) is 17.5 Å². The van der Waals surface area contributed by atoms with Crippen LogP contribution in [0.15, 0.2) is 29.2 Å². The maximum Gasteiger partial charge on any atom is 0.0367 e. The number of nitrogens with two attached hydrogens (primary N) is 1. The number of rotatable bonds is 3. The van der Waals surface area contributed by atoms with E-state index in [1.807, 2.05) is 11.8 Å². The van der Waals surface area contributed by atoms with Crippen LogP contribution in [-0.2, 0) is 0 Å². The summed E-state index contributed by atoms with van der Waals surface area (Å²) in [6.07, 6.45) is 5.21. The van der Waals surface area contributed by atoms with Crippen molar-refractivity contribution in [3.05, 3.63) is 29.8 Å². The maximum absolute atomic E-state index is 5.74. The lowest BCUT2D eigenvalue weighted by Crippen LogP contribution is -2.39. The van der Waals surface area contributed by atoms with E-state index >= 15 is 0 Å². The van der Waals surface area contributed by atoms with Gasteiger partial charge in [-0.05, 0) is 62.1 Å². The molecule has 1 aromatic rings. The van der Waals surface area contributed by atoms with Gasteiger partial charge in [-0.25, -0.2) is 0 Å². The lowest BCUT2D eigenvalue weighted by Gasteiger charge is -2.40. The predicted molar refractivity (Wildman–Crippen MR) is 82.5 cm³/mol. The molecule has 19 heavy (non-hydrogen) atoms. The first kappa shape index (κ1) is 13.5. The summed E-state index contributed by atoms with van der Waals surface area (Å²) in [7, 11) is 0. The molecule has 0 amide bonds. The molecule has 104 valence electrons. The molecule has 2 aliphatic rings. The second kappa shape index (κ2) is 6.29. The topological polar surface area (TPSA) is 29.3 Å². The molecule has 0 saturated carbocycles. The highest BCUT2D eigenvalue weighted by Crippen LogP contribution is 2.40. The minimum Gasteiger partial charge on any atom is -0.330 e. The Morgan fingerprint density at radius 3 is 3.05 bits per heavy atom. The standard InChI is InChI=1S/C16H24N2S/c17-9-7-13-4-3-10-18(12-13)15-8-11-19-16-6-2-1-5-14(15)16/h1-2,5-6,13,15H,3-4,7-12,17H2. The van der Waals surface area contributed by atoms with Gasteiger partial charge in [0.2, 0.25) is 0 Å². The summed E-state index contributed by atoms with van der Waals surface area (Å²) < 4.78 is 0. The van der Waals surface area contributed by atoms with Crippen molar-refractivity contribution < 1.29 is 0 Å². The Morgan fingerprint density at radius 2 is 2.16 bits per heavy atom. The van der Waals surface area contributed by atoms with E-state index in [1.165, 1.54) is 49.4 Å². The summed E-state index contributed by atoms with van der Waals surface area (Å²) in [5.41, 5.74) is 7.30. The normalized spacial score (nSPS) is 28.1. The molecule has 0 bridgehead atoms. The van der Waals surface area contributed by atoms with Crippen molar-refractivity contribution in [3.63, 3.8) is 0 Å². The number of hydrogen-bond acceptors (Lipinski definition) is 3. The van der Waals surface area contributed by atoms with Crippen LogP contribution in [0.3, 0.4) is 0 Å². The Hall–Kier alpha value is -0.510. The molecule has 0 radical (unpaired) electrons. The quantitative estimate of drug-likeness (QED) is 0.918. The minimum absolute atomic E-state index is 0.651. The summed E-state index contributed by atoms with van der Waals surface area (Å²) in [4.78, 5) is 4.22. The molecule has 1 aromatic carbocycles. The molecular formula is C16H24N2S. The number of likely N-dealkylation sites (tertiary alicyclic amines) is 1. The molecule has 2 N–H and O–H groups in total. The monoisotopic (exact) mass is 276 g/mol. The van der Waals surface area contributed by atoms with Gasteiger partial charge in [0.05, 0.1) is 0 Å². The second-order valence-corrected chi connectivity index (χ2v) is 6.91. The van der Waals surface area contributed by atoms with Crippen LogP contribution in [0.4, 0.5) is 0 Å². The third kappa shape index (κ3) is 2.99. The molecule has 2 aliphatic heterocycles. The molecule has 2 heterocycles. The molecule has 1 saturated heterocycles. The summed E-state index contributed by atoms with van der Waals surface area (Å²) >= 11 is 2.02. The Kier molecular flexibility index (Phi) is 4.46. The SMILES string of the molecule is NCCC1CCCN(C2CCSc3ccccc32)C1. The molecule has 1 fully saturated rings. The first-order valence-electron chi connectivity index (χ1n) is 7.54. The van der Waals surface area contributed by atoms with E-state index < -0.39 is 0 Å². The van der Waals surface area contributed by atoms with Crippen LogP contribution in [0.5, 0.6) is 0 Å². The van der Waals surface area contributed by atoms with Crippen LogP contribution >= 0.6 is 11.8 Å². The number of piperidine rings is 1. The Morgan fingerprint density at radius 1 is 1.26 bits per heavy atom. The molecule has 0 spiro atoms. The number of benzene rings is 1. The Balaban J connectivity index is 1.75. The molecule has 2 unspecified atom stereocenters. The fourth-order valence-corrected chi connectivity index (χ4v) is 4.66. The van der Waals surface area contributed by atoms with Crippen molar-refractivity contribution in [2.45, 2.75) is 36.6 Å². The van der Waals surface area contributed by atoms with Gasteiger partial charge in [-0.3, -0.25) is 4.90 Å². The fourth-order valence-electron chi connectivity index (χ4n) is 3.55. The van der Waals surface area contributed by atoms with Crippen molar-refractivity contribution in [1.82, 2.24) is 4.90 Å². The first-order chi connectivity index (χ1) is 9.38. The third-order valence-corrected chi connectivity index (χ3v) is 5.62. The van der Waals surface area contributed by atoms with Crippen LogP contribution in [0.1, 0.15) is 37.3 Å². The predicted octanol–water partition coefficient (Wildman–Crippen LogP) is 3.28. The van der Waals surface area contributed by atoms with E-state index in [1.54, 1.807) is 5.56 Å². The number of nitrogens with zero attached hydrogens (tertiary/aromatic N) is 1. The van der Waals surface area contributed by atoms with Gasteiger partial charge >= 0.3 is 0 Å². The Bertz CT molecular complexity index is 419. The summed E-state index contributed by atoms with van der Waals surface area (Å²) in [5.74, 6) is 2.08. The average Bonchev–Trinajstić information content (AvgIpc) is 2.47. The lowest BCUT2D eigenvalue weighted by atomic mass is 9.91. The van der Waals surface area contributed by atoms with Gasteiger partial charge in [-0.15, -0.1) is 11.8 Å². The van der Waals surface area contributed by atoms with Crippen molar-refractivity contribution in [2.24, 2.45) is 11.7 Å². The molecule has 2 nitrogen and oxygen atoms in total. The van der Waals surface area contributed by atoms with Gasteiger partial charge in [0.15, 0.2) is 0 Å². The van der Waals surface area contributed by atoms with Crippen LogP contribution in [0, 0.1) is 5.92 Å². The largest absolute Gasteiger partial charge is 0.330 e. The molecule has 2 atom stereocenters. The molecule has 3 heteroatoms. The van der Waals surface area contributed by atoms with E-state index in [0.29, 0.717) is 6.04 Å². The van der Waals surface area contributed by atoms with Gasteiger partial charge in [-0.2, -0.15) is 0 Å². The van der Waals surface area contributed by atoms with Gasteiger partial charge in [0.25, 0.3) is 0 Å². The summed E-state index contributed by atoms with van der Waals surface area (Å²) in [5, 5.41) is 0. The summed E-state index contributed by atoms with van der Waals surface area (Å²) in [6.45, 7) is 3.36. The first-order valence-corrected chi connectivity index (χ1v) is 8.53. The van der Waals surface area contributed by atoms with Crippen LogP contribution in [0.2, 0.25) is 0 Å². The number of fused-ring (bicyclic) bond motifs is 1. The summed E-state index contributed by atoms with van der Waals surface area (Å²) in [6, 6.07) is 9.63. The highest BCUT2D eigenvalue weighted by atomic mass is 32.2. The van der Waals surface area contributed by atoms with Crippen molar-refractivity contribution in [3.8, 4) is 0 Å². The zero-order valence-corrected chi connectivity index (χ0v) is 12.4. The van der Waals surface area contributed by atoms with Crippen LogP contribution in [0.25, 0.3) is 0 Å². The highest BCUT2D eigenvalue weighted by Gasteiger charge is 2.29. The zero-order valence-electron chi connectivity index (χ0n) is 11.6. The second-order valence-electron chi connectivity index (χ2n) is 5.77. The zero-order chi connectivity index (χ0) is 13.1. The number of thioether (sulfide) groups is 1. The fraction of sp³-hybridized carbons (Fsp3) is 0.625. The van der Waals surface area contributed by atoms with E-state index in [4.69, 9.17) is 5.73 Å². The average molecular weight is 276 g/mol. The molecule has 3 rings (SSSR count). The maximum atomic E-state index is 5.74. The van der Waals surface area contributed by atoms with Crippen molar-refractivity contribution >= 4 is 11.8 Å². The van der Waals surface area contributed by atoms with E-state index in [2.05, 4.69) is 29.2 Å². The minimum atomic E-state index is 0.651. The van der Waals surface area contributed by atoms with E-state index in [9.17, 15) is 0 Å². The smallest absolute Gasteiger partial charge is 0.0367 e. The Labute approximate surface area is 120 Å². The molecule has 0 aliphatic carbocycles. The van der Waals surface area contributed by atoms with Crippen LogP contribution < -0.4 is 5.73 Å². The van der Waals surface area contributed by atoms with Gasteiger partial charge < -0.3 is 5.73 Å². The molecular weight excluding hydrogens is 252 g/mol. The van der Waals surface area contributed by atoms with Gasteiger partial charge in [-0.1, -0.05) is 18.2 Å². The van der Waals surface area contributed by atoms with Crippen molar-refractivity contribution in [1.29, 1.82) is 0 Å². The lowest BCUT2D eigenvalue weighted by molar-refractivity contribution is 0.115. The number of hydrogen-bond donors (Lipinski definition) is 1. The molecule has 0 aromatic heterocycles. The van der Waals surface area contributed by atoms with Crippen LogP contribution in [-0.4, -0.2) is 30.3 Å². The van der Waals surface area contributed by atoms with E-state index in [0.717, 1.165) is 12.5 Å².